The molecule has 2 aliphatic rings. The van der Waals surface area contributed by atoms with Gasteiger partial charge >= 0.3 is 5.97 Å². The first-order valence-corrected chi connectivity index (χ1v) is 8.49. The first-order chi connectivity index (χ1) is 10.8. The van der Waals surface area contributed by atoms with Gasteiger partial charge in [-0.15, -0.1) is 0 Å². The van der Waals surface area contributed by atoms with E-state index in [0.717, 1.165) is 12.0 Å². The van der Waals surface area contributed by atoms with Gasteiger partial charge in [-0.2, -0.15) is 0 Å². The van der Waals surface area contributed by atoms with Gasteiger partial charge in [0, 0.05) is 6.08 Å². The van der Waals surface area contributed by atoms with Crippen molar-refractivity contribution in [2.45, 2.75) is 59.8 Å². The molecular formula is C21H28O2. The van der Waals surface area contributed by atoms with Crippen LogP contribution in [0.5, 0.6) is 0 Å². The van der Waals surface area contributed by atoms with Gasteiger partial charge in [0.1, 0.15) is 0 Å². The zero-order valence-electron chi connectivity index (χ0n) is 14.8. The molecule has 0 aromatic rings. The van der Waals surface area contributed by atoms with Crippen LogP contribution in [0, 0.1) is 5.41 Å². The summed E-state index contributed by atoms with van der Waals surface area (Å²) in [6, 6.07) is 0. The van der Waals surface area contributed by atoms with Gasteiger partial charge in [-0.3, -0.25) is 0 Å². The summed E-state index contributed by atoms with van der Waals surface area (Å²) in [5.74, 6) is -0.901. The predicted octanol–water partition coefficient (Wildman–Crippen LogP) is 5.75. The highest BCUT2D eigenvalue weighted by molar-refractivity contribution is 5.81. The van der Waals surface area contributed by atoms with Crippen molar-refractivity contribution in [3.05, 3.63) is 58.2 Å². The minimum Gasteiger partial charge on any atom is -0.478 e. The number of fused-ring (bicyclic) bond motifs is 1. The molecule has 2 nitrogen and oxygen atoms in total. The third-order valence-electron chi connectivity index (χ3n) is 5.22. The predicted molar refractivity (Wildman–Crippen MR) is 96.3 cm³/mol. The fourth-order valence-electron chi connectivity index (χ4n) is 3.75. The average Bonchev–Trinajstić information content (AvgIpc) is 2.46. The van der Waals surface area contributed by atoms with Crippen LogP contribution in [0.25, 0.3) is 0 Å². The maximum Gasteiger partial charge on any atom is 0.328 e. The van der Waals surface area contributed by atoms with Crippen molar-refractivity contribution < 1.29 is 9.90 Å². The molecule has 0 saturated heterocycles. The van der Waals surface area contributed by atoms with E-state index in [0.29, 0.717) is 5.41 Å². The number of hydrogen-bond donors (Lipinski definition) is 1. The lowest BCUT2D eigenvalue weighted by Gasteiger charge is -2.40. The molecule has 0 aliphatic heterocycles. The molecule has 0 amide bonds. The Hall–Kier alpha value is -1.83. The Morgan fingerprint density at radius 2 is 2.00 bits per heavy atom. The van der Waals surface area contributed by atoms with Crippen LogP contribution >= 0.6 is 0 Å². The molecule has 2 heteroatoms. The SMILES string of the molecule is CC1=C2C=C(/C(C)=C/C=C/C(C)=C/C(=O)O)CCC2(C)CCC1. The van der Waals surface area contributed by atoms with Crippen molar-refractivity contribution in [3.63, 3.8) is 0 Å². The molecule has 1 atom stereocenters. The topological polar surface area (TPSA) is 37.3 Å². The first-order valence-electron chi connectivity index (χ1n) is 8.49. The molecule has 23 heavy (non-hydrogen) atoms. The summed E-state index contributed by atoms with van der Waals surface area (Å²) in [5.41, 5.74) is 6.93. The molecule has 2 aliphatic carbocycles. The number of rotatable bonds is 4. The maximum absolute atomic E-state index is 10.6. The van der Waals surface area contributed by atoms with Crippen LogP contribution in [0.3, 0.4) is 0 Å². The monoisotopic (exact) mass is 312 g/mol. The molecule has 1 N–H and O–H groups in total. The first kappa shape index (κ1) is 17.5. The Morgan fingerprint density at radius 3 is 2.70 bits per heavy atom. The quantitative estimate of drug-likeness (QED) is 0.530. The molecule has 1 unspecified atom stereocenters. The van der Waals surface area contributed by atoms with Crippen LogP contribution in [-0.2, 0) is 4.79 Å². The largest absolute Gasteiger partial charge is 0.478 e. The molecule has 0 aromatic heterocycles. The number of allylic oxidation sites excluding steroid dienone is 9. The molecular weight excluding hydrogens is 284 g/mol. The fraction of sp³-hybridized carbons (Fsp3) is 0.476. The van der Waals surface area contributed by atoms with Crippen molar-refractivity contribution >= 4 is 5.97 Å². The van der Waals surface area contributed by atoms with Crippen molar-refractivity contribution in [2.75, 3.05) is 0 Å². The zero-order valence-corrected chi connectivity index (χ0v) is 14.8. The summed E-state index contributed by atoms with van der Waals surface area (Å²) in [6.45, 7) is 8.64. The number of carboxylic acids is 1. The minimum atomic E-state index is -0.901. The Labute approximate surface area is 140 Å². The van der Waals surface area contributed by atoms with Crippen molar-refractivity contribution in [1.82, 2.24) is 0 Å². The van der Waals surface area contributed by atoms with E-state index < -0.39 is 5.97 Å². The average molecular weight is 312 g/mol. The highest BCUT2D eigenvalue weighted by Gasteiger charge is 2.34. The van der Waals surface area contributed by atoms with E-state index in [1.165, 1.54) is 42.9 Å². The van der Waals surface area contributed by atoms with E-state index in [1.807, 2.05) is 12.2 Å². The lowest BCUT2D eigenvalue weighted by atomic mass is 9.65. The minimum absolute atomic E-state index is 0.378. The molecule has 0 spiro atoms. The fourth-order valence-corrected chi connectivity index (χ4v) is 3.75. The van der Waals surface area contributed by atoms with E-state index in [1.54, 1.807) is 18.1 Å². The van der Waals surface area contributed by atoms with Gasteiger partial charge in [-0.25, -0.2) is 4.79 Å². The van der Waals surface area contributed by atoms with E-state index in [2.05, 4.69) is 32.9 Å². The van der Waals surface area contributed by atoms with Crippen molar-refractivity contribution in [1.29, 1.82) is 0 Å². The molecule has 0 heterocycles. The third-order valence-corrected chi connectivity index (χ3v) is 5.22. The maximum atomic E-state index is 10.6. The summed E-state index contributed by atoms with van der Waals surface area (Å²) in [4.78, 5) is 10.6. The zero-order chi connectivity index (χ0) is 17.0. The van der Waals surface area contributed by atoms with Crippen LogP contribution in [0.15, 0.2) is 58.2 Å². The van der Waals surface area contributed by atoms with E-state index in [-0.39, 0.29) is 0 Å². The smallest absolute Gasteiger partial charge is 0.328 e. The van der Waals surface area contributed by atoms with Crippen LogP contribution in [-0.4, -0.2) is 11.1 Å². The second kappa shape index (κ2) is 7.16. The molecule has 0 saturated carbocycles. The molecule has 2 rings (SSSR count). The molecule has 0 radical (unpaired) electrons. The van der Waals surface area contributed by atoms with Gasteiger partial charge in [0.15, 0.2) is 0 Å². The summed E-state index contributed by atoms with van der Waals surface area (Å²) >= 11 is 0. The number of carboxylic acid groups (broad SMARTS) is 1. The normalized spacial score (nSPS) is 26.3. The molecule has 0 aromatic carbocycles. The Morgan fingerprint density at radius 1 is 1.26 bits per heavy atom. The van der Waals surface area contributed by atoms with E-state index in [4.69, 9.17) is 5.11 Å². The third kappa shape index (κ3) is 4.34. The number of aliphatic carboxylic acids is 1. The second-order valence-electron chi connectivity index (χ2n) is 7.21. The van der Waals surface area contributed by atoms with Gasteiger partial charge in [0.25, 0.3) is 0 Å². The Bertz CT molecular complexity index is 641. The van der Waals surface area contributed by atoms with Gasteiger partial charge < -0.3 is 5.11 Å². The lowest BCUT2D eigenvalue weighted by Crippen LogP contribution is -2.26. The summed E-state index contributed by atoms with van der Waals surface area (Å²) in [6.07, 6.45) is 15.7. The van der Waals surface area contributed by atoms with Crippen LogP contribution in [0.1, 0.15) is 59.8 Å². The molecule has 0 fully saturated rings. The lowest BCUT2D eigenvalue weighted by molar-refractivity contribution is -0.131. The van der Waals surface area contributed by atoms with Gasteiger partial charge in [0.05, 0.1) is 0 Å². The highest BCUT2D eigenvalue weighted by atomic mass is 16.4. The van der Waals surface area contributed by atoms with Crippen LogP contribution in [0.2, 0.25) is 0 Å². The Balaban J connectivity index is 2.19. The number of hydrogen-bond acceptors (Lipinski definition) is 1. The van der Waals surface area contributed by atoms with Gasteiger partial charge in [0.2, 0.25) is 0 Å². The van der Waals surface area contributed by atoms with E-state index in [9.17, 15) is 4.79 Å². The van der Waals surface area contributed by atoms with Crippen molar-refractivity contribution in [2.24, 2.45) is 5.41 Å². The summed E-state index contributed by atoms with van der Waals surface area (Å²) in [7, 11) is 0. The van der Waals surface area contributed by atoms with E-state index >= 15 is 0 Å². The highest BCUT2D eigenvalue weighted by Crippen LogP contribution is 2.49. The Kier molecular flexibility index (Phi) is 5.46. The number of carbonyl (C=O) groups is 1. The molecule has 0 bridgehead atoms. The summed E-state index contributed by atoms with van der Waals surface area (Å²) in [5, 5.41) is 8.72. The van der Waals surface area contributed by atoms with Crippen LogP contribution in [0.4, 0.5) is 0 Å². The van der Waals surface area contributed by atoms with Gasteiger partial charge in [-0.05, 0) is 80.6 Å². The second-order valence-corrected chi connectivity index (χ2v) is 7.21. The summed E-state index contributed by atoms with van der Waals surface area (Å²) < 4.78 is 0. The van der Waals surface area contributed by atoms with Crippen molar-refractivity contribution in [3.8, 4) is 0 Å². The van der Waals surface area contributed by atoms with Gasteiger partial charge in [-0.1, -0.05) is 36.8 Å². The standard InChI is InChI=1S/C21H28O2/c1-15(13-20(22)23)7-5-8-16(2)18-10-12-21(4)11-6-9-17(3)19(21)14-18/h5,7-8,13-14H,6,9-12H2,1-4H3,(H,22,23)/b7-5+,15-13+,16-8+. The molecule has 124 valence electrons. The van der Waals surface area contributed by atoms with Crippen LogP contribution < -0.4 is 0 Å².